The van der Waals surface area contributed by atoms with Gasteiger partial charge in [-0.15, -0.1) is 0 Å². The van der Waals surface area contributed by atoms with Crippen LogP contribution < -0.4 is 0 Å². The van der Waals surface area contributed by atoms with Crippen molar-refractivity contribution >= 4 is 27.4 Å². The number of aromatic hydroxyl groups is 1. The van der Waals surface area contributed by atoms with Crippen molar-refractivity contribution in [2.45, 2.75) is 129 Å². The van der Waals surface area contributed by atoms with Crippen LogP contribution >= 0.6 is 0 Å². The van der Waals surface area contributed by atoms with Crippen LogP contribution in [0.2, 0.25) is 0 Å². The number of hydrogen-bond acceptors (Lipinski definition) is 5. The molecule has 2 aliphatic heterocycles. The van der Waals surface area contributed by atoms with E-state index in [9.17, 15) is 10.2 Å². The molecule has 6 nitrogen and oxygen atoms in total. The number of benzene rings is 1. The van der Waals surface area contributed by atoms with E-state index >= 15 is 0 Å². The number of methoxy groups -OCH3 is 1. The lowest BCUT2D eigenvalue weighted by Crippen LogP contribution is -2.61. The summed E-state index contributed by atoms with van der Waals surface area (Å²) < 4.78 is 21.3. The van der Waals surface area contributed by atoms with Crippen LogP contribution in [0.4, 0.5) is 0 Å². The number of aliphatic hydroxyl groups excluding tert-OH is 1. The molecular formula is C40H51NO5. The Morgan fingerprint density at radius 1 is 1.09 bits per heavy atom. The van der Waals surface area contributed by atoms with Crippen molar-refractivity contribution in [2.75, 3.05) is 7.11 Å². The van der Waals surface area contributed by atoms with Crippen molar-refractivity contribution in [2.24, 2.45) is 28.6 Å². The van der Waals surface area contributed by atoms with E-state index in [2.05, 4.69) is 71.6 Å². The molecule has 2 aromatic heterocycles. The van der Waals surface area contributed by atoms with Gasteiger partial charge in [0.05, 0.1) is 34.6 Å². The molecule has 6 aliphatic rings. The quantitative estimate of drug-likeness (QED) is 0.300. The van der Waals surface area contributed by atoms with Gasteiger partial charge in [0.2, 0.25) is 0 Å². The van der Waals surface area contributed by atoms with Crippen molar-refractivity contribution in [3.63, 3.8) is 0 Å². The fourth-order valence-corrected chi connectivity index (χ4v) is 13.0. The zero-order chi connectivity index (χ0) is 32.7. The molecule has 46 heavy (non-hydrogen) atoms. The number of ether oxygens (including phenoxy) is 3. The van der Waals surface area contributed by atoms with Gasteiger partial charge in [0.15, 0.2) is 6.29 Å². The third-order valence-electron chi connectivity index (χ3n) is 14.7. The molecule has 6 heteroatoms. The lowest BCUT2D eigenvalue weighted by atomic mass is 9.40. The maximum absolute atomic E-state index is 12.3. The van der Waals surface area contributed by atoms with Crippen LogP contribution in [0.5, 0.6) is 5.75 Å². The van der Waals surface area contributed by atoms with Crippen molar-refractivity contribution in [1.29, 1.82) is 0 Å². The monoisotopic (exact) mass is 625 g/mol. The first-order valence-electron chi connectivity index (χ1n) is 17.6. The topological polar surface area (TPSA) is 72.6 Å². The number of aromatic nitrogens is 1. The number of fused-ring (bicyclic) bond motifs is 13. The van der Waals surface area contributed by atoms with Gasteiger partial charge in [-0.1, -0.05) is 27.4 Å². The van der Waals surface area contributed by atoms with Gasteiger partial charge in [-0.05, 0) is 118 Å². The van der Waals surface area contributed by atoms with E-state index in [1.54, 1.807) is 7.11 Å². The Morgan fingerprint density at radius 2 is 1.83 bits per heavy atom. The molecule has 0 spiro atoms. The lowest BCUT2D eigenvalue weighted by molar-refractivity contribution is -0.162. The zero-order valence-electron chi connectivity index (χ0n) is 29.1. The molecule has 0 bridgehead atoms. The van der Waals surface area contributed by atoms with E-state index in [0.717, 1.165) is 64.6 Å². The third-order valence-corrected chi connectivity index (χ3v) is 14.7. The van der Waals surface area contributed by atoms with Gasteiger partial charge in [0, 0.05) is 52.3 Å². The number of hydrogen-bond donors (Lipinski definition) is 2. The van der Waals surface area contributed by atoms with Crippen molar-refractivity contribution in [3.8, 4) is 5.75 Å². The second-order valence-electron chi connectivity index (χ2n) is 17.8. The third kappa shape index (κ3) is 3.15. The second kappa shape index (κ2) is 8.61. The molecule has 4 aliphatic carbocycles. The molecule has 2 saturated carbocycles. The largest absolute Gasteiger partial charge is 0.505 e. The summed E-state index contributed by atoms with van der Waals surface area (Å²) in [5.74, 6) is 1.09. The van der Waals surface area contributed by atoms with Crippen LogP contribution in [0.15, 0.2) is 18.7 Å². The molecule has 9 atom stereocenters. The van der Waals surface area contributed by atoms with Crippen LogP contribution in [-0.4, -0.2) is 45.3 Å². The Morgan fingerprint density at radius 3 is 2.52 bits per heavy atom. The van der Waals surface area contributed by atoms with Gasteiger partial charge in [-0.25, -0.2) is 0 Å². The van der Waals surface area contributed by atoms with Crippen LogP contribution in [-0.2, 0) is 26.0 Å². The lowest BCUT2D eigenvalue weighted by Gasteiger charge is -2.64. The smallest absolute Gasteiger partial charge is 0.158 e. The first-order chi connectivity index (χ1) is 21.5. The van der Waals surface area contributed by atoms with Gasteiger partial charge in [-0.2, -0.15) is 0 Å². The summed E-state index contributed by atoms with van der Waals surface area (Å²) >= 11 is 0. The summed E-state index contributed by atoms with van der Waals surface area (Å²) in [6, 6.07) is 2.37. The van der Waals surface area contributed by atoms with E-state index in [0.29, 0.717) is 11.8 Å². The zero-order valence-corrected chi connectivity index (χ0v) is 29.1. The summed E-state index contributed by atoms with van der Waals surface area (Å²) in [7, 11) is 1.78. The number of nitrogens with zero attached hydrogens (tertiary/aromatic N) is 1. The summed E-state index contributed by atoms with van der Waals surface area (Å²) in [6.07, 6.45) is 8.10. The molecule has 9 rings (SSSR count). The minimum absolute atomic E-state index is 0.0511. The number of aliphatic hydroxyl groups is 1. The summed E-state index contributed by atoms with van der Waals surface area (Å²) in [6.45, 7) is 22.4. The van der Waals surface area contributed by atoms with Gasteiger partial charge >= 0.3 is 0 Å². The maximum atomic E-state index is 12.3. The van der Waals surface area contributed by atoms with Gasteiger partial charge in [-0.3, -0.25) is 0 Å². The van der Waals surface area contributed by atoms with Crippen LogP contribution in [0.1, 0.15) is 122 Å². The predicted octanol–water partition coefficient (Wildman–Crippen LogP) is 8.31. The Hall–Kier alpha value is -2.38. The predicted molar refractivity (Wildman–Crippen MR) is 181 cm³/mol. The fraction of sp³-hybridized carbons (Fsp3) is 0.650. The summed E-state index contributed by atoms with van der Waals surface area (Å²) in [4.78, 5) is 0. The van der Waals surface area contributed by atoms with E-state index in [4.69, 9.17) is 14.2 Å². The second-order valence-corrected chi connectivity index (χ2v) is 17.8. The summed E-state index contributed by atoms with van der Waals surface area (Å²) in [5.41, 5.74) is 7.59. The van der Waals surface area contributed by atoms with Gasteiger partial charge < -0.3 is 28.8 Å². The standard InChI is InChI=1S/C40H51NO5/c1-19(2)31-34(43)29-28-21(24-17-36(3,4)46-37(5,6)30(24)33(28)42)16-22-23-15-20-11-12-25-38(7)18-27(44-10)45-26(38)13-14-39(25,8)40(20,9)35(23)41(31)32(22)29/h16-17,20,25-27,30,33,42-43H,1,11-15,18H2,2-10H3/t20-,25-,26-,27+,30+,33+,38-,39-,40+/m0/s1. The molecule has 1 aromatic carbocycles. The Balaban J connectivity index is 1.33. The molecule has 0 amide bonds. The minimum Gasteiger partial charge on any atom is -0.505 e. The van der Waals surface area contributed by atoms with E-state index in [1.807, 2.05) is 6.92 Å². The number of rotatable bonds is 2. The van der Waals surface area contributed by atoms with E-state index < -0.39 is 17.3 Å². The van der Waals surface area contributed by atoms with Crippen molar-refractivity contribution < 1.29 is 24.4 Å². The maximum Gasteiger partial charge on any atom is 0.158 e. The van der Waals surface area contributed by atoms with Crippen LogP contribution in [0, 0.1) is 28.6 Å². The van der Waals surface area contributed by atoms with Crippen molar-refractivity contribution in [3.05, 3.63) is 46.8 Å². The Labute approximate surface area is 273 Å². The van der Waals surface area contributed by atoms with Gasteiger partial charge in [0.1, 0.15) is 5.75 Å². The average Bonchev–Trinajstić information content (AvgIpc) is 3.70. The first kappa shape index (κ1) is 29.7. The Bertz CT molecular complexity index is 1900. The molecule has 3 fully saturated rings. The van der Waals surface area contributed by atoms with E-state index in [1.165, 1.54) is 29.5 Å². The highest BCUT2D eigenvalue weighted by atomic mass is 16.7. The molecule has 0 unspecified atom stereocenters. The number of allylic oxidation sites excluding steroid dienone is 1. The van der Waals surface area contributed by atoms with E-state index in [-0.39, 0.29) is 40.3 Å². The SMILES string of the molecule is C=C(C)c1c(O)c2c3c(cc4c5c(n1c42)[C@@]1(C)[C@@H](CC[C@H]2[C@]4(C)C[C@H](OC)O[C@H]4CC[C@@]21C)C5)C1=CC(C)(C)OC(C)(C)[C@H]1[C@@H]3O. The molecular weight excluding hydrogens is 574 g/mol. The molecule has 3 aromatic rings. The molecule has 4 heterocycles. The molecule has 1 saturated heterocycles. The fourth-order valence-electron chi connectivity index (χ4n) is 13.0. The normalized spacial score (nSPS) is 41.6. The average molecular weight is 626 g/mol. The Kier molecular flexibility index (Phi) is 5.56. The van der Waals surface area contributed by atoms with Crippen LogP contribution in [0.25, 0.3) is 27.4 Å². The molecule has 2 N–H and O–H groups in total. The van der Waals surface area contributed by atoms with Crippen LogP contribution in [0.3, 0.4) is 0 Å². The van der Waals surface area contributed by atoms with Crippen molar-refractivity contribution in [1.82, 2.24) is 4.40 Å². The highest BCUT2D eigenvalue weighted by Crippen LogP contribution is 2.73. The van der Waals surface area contributed by atoms with Gasteiger partial charge in [0.25, 0.3) is 0 Å². The molecule has 246 valence electrons. The molecule has 0 radical (unpaired) electrons. The highest BCUT2D eigenvalue weighted by molar-refractivity contribution is 6.11. The summed E-state index contributed by atoms with van der Waals surface area (Å²) in [5, 5.41) is 26.5. The highest BCUT2D eigenvalue weighted by Gasteiger charge is 2.69. The first-order valence-corrected chi connectivity index (χ1v) is 17.6. The minimum atomic E-state index is -0.775.